The zero-order valence-corrected chi connectivity index (χ0v) is 14.3. The van der Waals surface area contributed by atoms with Gasteiger partial charge in [0.1, 0.15) is 12.1 Å². The van der Waals surface area contributed by atoms with E-state index in [-0.39, 0.29) is 55.6 Å². The molecule has 27 heavy (non-hydrogen) atoms. The van der Waals surface area contributed by atoms with Crippen molar-refractivity contribution in [1.82, 2.24) is 9.97 Å². The Morgan fingerprint density at radius 2 is 1.78 bits per heavy atom. The summed E-state index contributed by atoms with van der Waals surface area (Å²) >= 11 is 0. The molecule has 0 bridgehead atoms. The Hall–Kier alpha value is -3.79. The Morgan fingerprint density at radius 3 is 2.33 bits per heavy atom. The molecule has 0 unspecified atom stereocenters. The van der Waals surface area contributed by atoms with Crippen LogP contribution in [0.15, 0.2) is 30.6 Å². The van der Waals surface area contributed by atoms with Crippen molar-refractivity contribution in [1.29, 1.82) is 10.5 Å². The molecule has 2 aromatic rings. The van der Waals surface area contributed by atoms with Crippen molar-refractivity contribution in [3.63, 3.8) is 0 Å². The number of rotatable bonds is 9. The normalized spacial score (nSPS) is 9.89. The fraction of sp³-hybridized carbons (Fsp3) is 0.294. The van der Waals surface area contributed by atoms with Crippen molar-refractivity contribution in [2.24, 2.45) is 0 Å². The lowest BCUT2D eigenvalue weighted by atomic mass is 10.2. The van der Waals surface area contributed by atoms with E-state index in [0.29, 0.717) is 0 Å². The molecule has 1 aromatic heterocycles. The van der Waals surface area contributed by atoms with E-state index in [1.165, 1.54) is 23.4 Å². The highest BCUT2D eigenvalue weighted by atomic mass is 19.1. The van der Waals surface area contributed by atoms with Gasteiger partial charge in [0.2, 0.25) is 11.6 Å². The van der Waals surface area contributed by atoms with Gasteiger partial charge in [-0.2, -0.15) is 10.5 Å². The molecule has 0 aliphatic rings. The zero-order valence-electron chi connectivity index (χ0n) is 14.3. The number of aromatic nitrogens is 2. The van der Waals surface area contributed by atoms with E-state index in [0.717, 1.165) is 5.56 Å². The molecule has 0 aliphatic carbocycles. The first-order chi connectivity index (χ1) is 13.1. The number of nitriles is 2. The molecular weight excluding hydrogens is 353 g/mol. The van der Waals surface area contributed by atoms with E-state index >= 15 is 0 Å². The smallest absolute Gasteiger partial charge is 0.353 e. The third-order valence-electron chi connectivity index (χ3n) is 3.65. The molecule has 0 fully saturated rings. The molecule has 138 valence electrons. The van der Waals surface area contributed by atoms with E-state index in [9.17, 15) is 14.5 Å². The van der Waals surface area contributed by atoms with Crippen LogP contribution in [0.25, 0.3) is 0 Å². The molecule has 10 heteroatoms. The lowest BCUT2D eigenvalue weighted by molar-refractivity contribution is -0.383. The van der Waals surface area contributed by atoms with Gasteiger partial charge in [0.25, 0.3) is 0 Å². The largest absolute Gasteiger partial charge is 0.360 e. The number of hydrogen-bond acceptors (Lipinski definition) is 8. The van der Waals surface area contributed by atoms with Crippen LogP contribution >= 0.6 is 0 Å². The quantitative estimate of drug-likeness (QED) is 0.527. The monoisotopic (exact) mass is 369 g/mol. The Balaban J connectivity index is 2.31. The molecule has 1 N–H and O–H groups in total. The standard InChI is InChI=1S/C17H16FN7O2/c18-14-5-3-13(4-6-14)11-21-16-15(25(26)27)17(23-12-22-16)24(9-1-7-19)10-2-8-20/h3-6,12H,1-2,9-11H2,(H,21,22,23). The molecule has 1 aromatic carbocycles. The summed E-state index contributed by atoms with van der Waals surface area (Å²) in [7, 11) is 0. The molecule has 0 saturated heterocycles. The number of nitrogens with zero attached hydrogens (tertiary/aromatic N) is 6. The fourth-order valence-electron chi connectivity index (χ4n) is 2.38. The minimum absolute atomic E-state index is 0.00763. The van der Waals surface area contributed by atoms with Crippen molar-refractivity contribution in [3.05, 3.63) is 52.1 Å². The molecule has 0 spiro atoms. The second-order valence-corrected chi connectivity index (χ2v) is 5.43. The van der Waals surface area contributed by atoms with Gasteiger partial charge in [0.15, 0.2) is 0 Å². The molecule has 1 heterocycles. The maximum Gasteiger partial charge on any atom is 0.353 e. The van der Waals surface area contributed by atoms with Gasteiger partial charge < -0.3 is 10.2 Å². The Morgan fingerprint density at radius 1 is 1.15 bits per heavy atom. The van der Waals surface area contributed by atoms with Crippen LogP contribution in [-0.4, -0.2) is 28.0 Å². The average molecular weight is 369 g/mol. The maximum absolute atomic E-state index is 13.0. The van der Waals surface area contributed by atoms with Gasteiger partial charge in [-0.15, -0.1) is 0 Å². The van der Waals surface area contributed by atoms with Crippen LogP contribution < -0.4 is 10.2 Å². The molecule has 0 atom stereocenters. The molecule has 0 saturated carbocycles. The van der Waals surface area contributed by atoms with E-state index < -0.39 is 4.92 Å². The van der Waals surface area contributed by atoms with E-state index in [2.05, 4.69) is 15.3 Å². The summed E-state index contributed by atoms with van der Waals surface area (Å²) in [5, 5.41) is 32.1. The van der Waals surface area contributed by atoms with Crippen LogP contribution in [0.4, 0.5) is 21.7 Å². The lowest BCUT2D eigenvalue weighted by Gasteiger charge is -2.21. The van der Waals surface area contributed by atoms with Gasteiger partial charge in [-0.25, -0.2) is 14.4 Å². The molecule has 9 nitrogen and oxygen atoms in total. The van der Waals surface area contributed by atoms with Gasteiger partial charge in [-0.05, 0) is 17.7 Å². The van der Waals surface area contributed by atoms with Crippen LogP contribution in [0.2, 0.25) is 0 Å². The van der Waals surface area contributed by atoms with E-state index in [4.69, 9.17) is 10.5 Å². The Bertz CT molecular complexity index is 856. The van der Waals surface area contributed by atoms with E-state index in [1.807, 2.05) is 12.1 Å². The fourth-order valence-corrected chi connectivity index (χ4v) is 2.38. The summed E-state index contributed by atoms with van der Waals surface area (Å²) in [6.45, 7) is 0.606. The van der Waals surface area contributed by atoms with E-state index in [1.54, 1.807) is 12.1 Å². The van der Waals surface area contributed by atoms with Crippen molar-refractivity contribution < 1.29 is 9.31 Å². The summed E-state index contributed by atoms with van der Waals surface area (Å²) in [5.41, 5.74) is 0.382. The van der Waals surface area contributed by atoms with Gasteiger partial charge >= 0.3 is 5.69 Å². The summed E-state index contributed by atoms with van der Waals surface area (Å²) in [6.07, 6.45) is 1.44. The Kier molecular flexibility index (Phi) is 6.97. The first kappa shape index (κ1) is 19.5. The third-order valence-corrected chi connectivity index (χ3v) is 3.65. The van der Waals surface area contributed by atoms with Crippen LogP contribution in [0.3, 0.4) is 0 Å². The second-order valence-electron chi connectivity index (χ2n) is 5.43. The highest BCUT2D eigenvalue weighted by molar-refractivity contribution is 5.70. The summed E-state index contributed by atoms with van der Waals surface area (Å²) < 4.78 is 13.0. The molecule has 2 rings (SSSR count). The number of nitrogens with one attached hydrogen (secondary N) is 1. The predicted molar refractivity (Wildman–Crippen MR) is 95.1 cm³/mol. The van der Waals surface area contributed by atoms with Crippen LogP contribution in [0.5, 0.6) is 0 Å². The average Bonchev–Trinajstić information content (AvgIpc) is 2.67. The number of hydrogen-bond donors (Lipinski definition) is 1. The number of nitro groups is 1. The van der Waals surface area contributed by atoms with Crippen LogP contribution in [0, 0.1) is 38.6 Å². The molecule has 0 radical (unpaired) electrons. The van der Waals surface area contributed by atoms with Crippen LogP contribution in [-0.2, 0) is 6.54 Å². The first-order valence-electron chi connectivity index (χ1n) is 8.03. The number of anilines is 2. The van der Waals surface area contributed by atoms with Gasteiger partial charge in [0.05, 0.1) is 29.9 Å². The van der Waals surface area contributed by atoms with Crippen molar-refractivity contribution >= 4 is 17.3 Å². The van der Waals surface area contributed by atoms with Gasteiger partial charge in [0, 0.05) is 19.6 Å². The lowest BCUT2D eigenvalue weighted by Crippen LogP contribution is -2.27. The van der Waals surface area contributed by atoms with Crippen molar-refractivity contribution in [3.8, 4) is 12.1 Å². The Labute approximate surface area is 154 Å². The first-order valence-corrected chi connectivity index (χ1v) is 8.03. The number of halogens is 1. The van der Waals surface area contributed by atoms with Gasteiger partial charge in [-0.1, -0.05) is 12.1 Å². The summed E-state index contributed by atoms with van der Waals surface area (Å²) in [4.78, 5) is 20.5. The minimum atomic E-state index is -0.603. The molecule has 0 amide bonds. The molecule has 0 aliphatic heterocycles. The third kappa shape index (κ3) is 5.34. The van der Waals surface area contributed by atoms with Crippen molar-refractivity contribution in [2.45, 2.75) is 19.4 Å². The molecular formula is C17H16FN7O2. The highest BCUT2D eigenvalue weighted by Gasteiger charge is 2.26. The highest BCUT2D eigenvalue weighted by Crippen LogP contribution is 2.32. The van der Waals surface area contributed by atoms with Gasteiger partial charge in [-0.3, -0.25) is 10.1 Å². The summed E-state index contributed by atoms with van der Waals surface area (Å²) in [5.74, 6) is -0.324. The topological polar surface area (TPSA) is 132 Å². The second kappa shape index (κ2) is 9.63. The predicted octanol–water partition coefficient (Wildman–Crippen LogP) is 2.77. The van der Waals surface area contributed by atoms with Crippen molar-refractivity contribution in [2.75, 3.05) is 23.3 Å². The summed E-state index contributed by atoms with van der Waals surface area (Å²) in [6, 6.07) is 9.65. The van der Waals surface area contributed by atoms with Crippen LogP contribution in [0.1, 0.15) is 18.4 Å². The SMILES string of the molecule is N#CCCN(CCC#N)c1ncnc(NCc2ccc(F)cc2)c1[N+](=O)[O-]. The maximum atomic E-state index is 13.0. The minimum Gasteiger partial charge on any atom is -0.360 e. The number of benzene rings is 1. The zero-order chi connectivity index (χ0) is 19.6.